The summed E-state index contributed by atoms with van der Waals surface area (Å²) in [6, 6.07) is 2.74. The van der Waals surface area contributed by atoms with Gasteiger partial charge in [-0.15, -0.1) is 0 Å². The van der Waals surface area contributed by atoms with E-state index in [0.717, 1.165) is 29.7 Å². The van der Waals surface area contributed by atoms with Crippen LogP contribution < -0.4 is 0 Å². The Morgan fingerprint density at radius 2 is 2.05 bits per heavy atom. The van der Waals surface area contributed by atoms with Crippen LogP contribution in [-0.4, -0.2) is 35.7 Å². The molecule has 5 heteroatoms. The molecule has 0 aromatic rings. The molecule has 1 aliphatic carbocycles. The first-order valence-electron chi connectivity index (χ1n) is 7.68. The molecule has 0 N–H and O–H groups in total. The number of amides is 1. The largest absolute Gasteiger partial charge is 0.465 e. The number of esters is 1. The molecule has 0 saturated heterocycles. The van der Waals surface area contributed by atoms with Crippen molar-refractivity contribution in [1.29, 1.82) is 0 Å². The number of ether oxygens (including phenoxy) is 2. The van der Waals surface area contributed by atoms with Crippen molar-refractivity contribution in [3.05, 3.63) is 11.6 Å². The molecule has 0 radical (unpaired) electrons. The summed E-state index contributed by atoms with van der Waals surface area (Å²) in [6.07, 6.45) is 5.63. The first-order valence-corrected chi connectivity index (χ1v) is 7.68. The summed E-state index contributed by atoms with van der Waals surface area (Å²) in [7, 11) is 0. The normalized spacial score (nSPS) is 14.3. The maximum Gasteiger partial charge on any atom is 0.422 e. The van der Waals surface area contributed by atoms with E-state index in [0.29, 0.717) is 0 Å². The highest BCUT2D eigenvalue weighted by atomic mass is 16.6. The highest BCUT2D eigenvalue weighted by Gasteiger charge is 2.23. The first kappa shape index (κ1) is 18.1. The highest BCUT2D eigenvalue weighted by Crippen LogP contribution is 2.16. The lowest BCUT2D eigenvalue weighted by Crippen LogP contribution is -2.37. The van der Waals surface area contributed by atoms with Gasteiger partial charge in [0.05, 0.1) is 6.61 Å². The Labute approximate surface area is 132 Å². The van der Waals surface area contributed by atoms with E-state index in [9.17, 15) is 9.59 Å². The molecular weight excluding hydrogens is 282 g/mol. The van der Waals surface area contributed by atoms with Gasteiger partial charge < -0.3 is 9.47 Å². The SMILES string of the molecule is CCOC(=O)CN(C#CC1=CCCCC1)C(=O)OC(C)(C)C. The number of nitrogens with zero attached hydrogens (tertiary/aromatic N) is 1. The van der Waals surface area contributed by atoms with Gasteiger partial charge in [-0.25, -0.2) is 9.69 Å². The van der Waals surface area contributed by atoms with Gasteiger partial charge in [0.1, 0.15) is 12.1 Å². The van der Waals surface area contributed by atoms with Crippen LogP contribution in [0.3, 0.4) is 0 Å². The topological polar surface area (TPSA) is 55.8 Å². The van der Waals surface area contributed by atoms with E-state index in [1.807, 2.05) is 0 Å². The molecule has 1 aliphatic rings. The zero-order valence-electron chi connectivity index (χ0n) is 13.9. The molecule has 0 fully saturated rings. The molecule has 0 spiro atoms. The molecule has 22 heavy (non-hydrogen) atoms. The number of carbonyl (C=O) groups is 2. The Morgan fingerprint density at radius 1 is 1.32 bits per heavy atom. The van der Waals surface area contributed by atoms with Gasteiger partial charge in [0, 0.05) is 6.04 Å². The van der Waals surface area contributed by atoms with Crippen LogP contribution in [-0.2, 0) is 14.3 Å². The Bertz CT molecular complexity index is 491. The van der Waals surface area contributed by atoms with E-state index in [-0.39, 0.29) is 13.2 Å². The van der Waals surface area contributed by atoms with Gasteiger partial charge in [-0.3, -0.25) is 4.79 Å². The lowest BCUT2D eigenvalue weighted by molar-refractivity contribution is -0.143. The van der Waals surface area contributed by atoms with Gasteiger partial charge in [0.15, 0.2) is 0 Å². The summed E-state index contributed by atoms with van der Waals surface area (Å²) in [5.41, 5.74) is 0.360. The van der Waals surface area contributed by atoms with E-state index >= 15 is 0 Å². The minimum atomic E-state index is -0.643. The van der Waals surface area contributed by atoms with E-state index in [2.05, 4.69) is 18.0 Å². The molecule has 0 bridgehead atoms. The number of rotatable bonds is 3. The molecule has 122 valence electrons. The molecule has 5 nitrogen and oxygen atoms in total. The Morgan fingerprint density at radius 3 is 2.59 bits per heavy atom. The minimum Gasteiger partial charge on any atom is -0.465 e. The number of hydrogen-bond acceptors (Lipinski definition) is 4. The fraction of sp³-hybridized carbons (Fsp3) is 0.647. The molecule has 0 aromatic heterocycles. The van der Waals surface area contributed by atoms with E-state index in [1.165, 1.54) is 6.42 Å². The molecular formula is C17H25NO4. The standard InChI is InChI=1S/C17H25NO4/c1-5-21-15(19)13-18(16(20)22-17(2,3)4)12-11-14-9-7-6-8-10-14/h9H,5-8,10,13H2,1-4H3. The van der Waals surface area contributed by atoms with Crippen molar-refractivity contribution in [2.45, 2.75) is 59.0 Å². The fourth-order valence-electron chi connectivity index (χ4n) is 1.89. The van der Waals surface area contributed by atoms with Crippen molar-refractivity contribution in [2.75, 3.05) is 13.2 Å². The number of allylic oxidation sites excluding steroid dienone is 2. The third kappa shape index (κ3) is 7.16. The van der Waals surface area contributed by atoms with Crippen molar-refractivity contribution in [2.24, 2.45) is 0 Å². The maximum atomic E-state index is 12.1. The van der Waals surface area contributed by atoms with Crippen molar-refractivity contribution < 1.29 is 19.1 Å². The van der Waals surface area contributed by atoms with Gasteiger partial charge in [-0.1, -0.05) is 6.08 Å². The lowest BCUT2D eigenvalue weighted by Gasteiger charge is -2.23. The van der Waals surface area contributed by atoms with E-state index in [1.54, 1.807) is 27.7 Å². The predicted octanol–water partition coefficient (Wildman–Crippen LogP) is 3.25. The average molecular weight is 307 g/mol. The van der Waals surface area contributed by atoms with E-state index in [4.69, 9.17) is 9.47 Å². The number of hydrogen-bond donors (Lipinski definition) is 0. The monoisotopic (exact) mass is 307 g/mol. The molecule has 0 atom stereocenters. The first-order chi connectivity index (χ1) is 10.3. The second-order valence-electron chi connectivity index (χ2n) is 6.08. The highest BCUT2D eigenvalue weighted by molar-refractivity contribution is 5.79. The van der Waals surface area contributed by atoms with Gasteiger partial charge in [-0.05, 0) is 64.9 Å². The quantitative estimate of drug-likeness (QED) is 0.456. The van der Waals surface area contributed by atoms with Gasteiger partial charge >= 0.3 is 12.1 Å². The van der Waals surface area contributed by atoms with Crippen molar-refractivity contribution in [3.8, 4) is 12.0 Å². The van der Waals surface area contributed by atoms with Crippen molar-refractivity contribution in [1.82, 2.24) is 4.90 Å². The molecule has 1 amide bonds. The molecule has 0 heterocycles. The molecule has 0 saturated carbocycles. The number of carbonyl (C=O) groups excluding carboxylic acids is 2. The van der Waals surface area contributed by atoms with Crippen LogP contribution in [0.2, 0.25) is 0 Å². The summed E-state index contributed by atoms with van der Waals surface area (Å²) in [5.74, 6) is 2.46. The summed E-state index contributed by atoms with van der Waals surface area (Å²) in [5, 5.41) is 0. The van der Waals surface area contributed by atoms with Crippen LogP contribution in [0.4, 0.5) is 4.79 Å². The summed E-state index contributed by atoms with van der Waals surface area (Å²) in [6.45, 7) is 7.05. The Kier molecular flexibility index (Phi) is 6.97. The second kappa shape index (κ2) is 8.47. The van der Waals surface area contributed by atoms with Crippen LogP contribution in [0.15, 0.2) is 11.6 Å². The van der Waals surface area contributed by atoms with Crippen molar-refractivity contribution in [3.63, 3.8) is 0 Å². The van der Waals surface area contributed by atoms with Gasteiger partial charge in [0.25, 0.3) is 0 Å². The molecule has 0 unspecified atom stereocenters. The summed E-state index contributed by atoms with van der Waals surface area (Å²) in [4.78, 5) is 24.8. The Hall–Kier alpha value is -1.96. The van der Waals surface area contributed by atoms with Crippen LogP contribution in [0.25, 0.3) is 0 Å². The molecule has 1 rings (SSSR count). The third-order valence-electron chi connectivity index (χ3n) is 2.85. The predicted molar refractivity (Wildman–Crippen MR) is 83.9 cm³/mol. The van der Waals surface area contributed by atoms with Crippen LogP contribution in [0, 0.1) is 12.0 Å². The van der Waals surface area contributed by atoms with Gasteiger partial charge in [0.2, 0.25) is 0 Å². The summed E-state index contributed by atoms with van der Waals surface area (Å²) < 4.78 is 10.1. The van der Waals surface area contributed by atoms with Crippen LogP contribution >= 0.6 is 0 Å². The smallest absolute Gasteiger partial charge is 0.422 e. The maximum absolute atomic E-state index is 12.1. The summed E-state index contributed by atoms with van der Waals surface area (Å²) >= 11 is 0. The van der Waals surface area contributed by atoms with E-state index < -0.39 is 17.7 Å². The Balaban J connectivity index is 2.81. The fourth-order valence-corrected chi connectivity index (χ4v) is 1.89. The zero-order chi connectivity index (χ0) is 16.6. The third-order valence-corrected chi connectivity index (χ3v) is 2.85. The van der Waals surface area contributed by atoms with Crippen molar-refractivity contribution >= 4 is 12.1 Å². The zero-order valence-corrected chi connectivity index (χ0v) is 13.9. The van der Waals surface area contributed by atoms with Crippen LogP contribution in [0.5, 0.6) is 0 Å². The molecule has 0 aliphatic heterocycles. The van der Waals surface area contributed by atoms with Gasteiger partial charge in [-0.2, -0.15) is 0 Å². The second-order valence-corrected chi connectivity index (χ2v) is 6.08. The lowest BCUT2D eigenvalue weighted by atomic mass is 10.0. The minimum absolute atomic E-state index is 0.233. The average Bonchev–Trinajstić information content (AvgIpc) is 2.43. The molecule has 0 aromatic carbocycles. The van der Waals surface area contributed by atoms with Crippen LogP contribution in [0.1, 0.15) is 53.4 Å².